The van der Waals surface area contributed by atoms with E-state index < -0.39 is 8.80 Å². The van der Waals surface area contributed by atoms with Gasteiger partial charge in [0.05, 0.1) is 0 Å². The van der Waals surface area contributed by atoms with E-state index in [-0.39, 0.29) is 5.78 Å². The molecule has 6 heteroatoms. The van der Waals surface area contributed by atoms with Crippen LogP contribution in [0.25, 0.3) is 0 Å². The number of carbonyl (C=O) groups is 1. The topological polar surface area (TPSA) is 56.8 Å². The number of hydrogen-bond acceptors (Lipinski definition) is 5. The van der Waals surface area contributed by atoms with Gasteiger partial charge in [-0.1, -0.05) is 54.6 Å². The Labute approximate surface area is 156 Å². The highest BCUT2D eigenvalue weighted by Gasteiger charge is 2.36. The average molecular weight is 374 g/mol. The fourth-order valence-corrected chi connectivity index (χ4v) is 4.47. The van der Waals surface area contributed by atoms with Crippen molar-refractivity contribution in [2.24, 2.45) is 0 Å². The fraction of sp³-hybridized carbons (Fsp3) is 0.350. The van der Waals surface area contributed by atoms with Gasteiger partial charge in [0.2, 0.25) is 0 Å². The quantitative estimate of drug-likeness (QED) is 0.372. The molecule has 0 aliphatic heterocycles. The number of hydrogen-bond donors (Lipinski definition) is 1. The van der Waals surface area contributed by atoms with Crippen LogP contribution in [-0.4, -0.2) is 42.5 Å². The summed E-state index contributed by atoms with van der Waals surface area (Å²) in [5.74, 6) is 0.0464. The zero-order chi connectivity index (χ0) is 18.8. The molecule has 5 nitrogen and oxygen atoms in total. The van der Waals surface area contributed by atoms with Crippen LogP contribution >= 0.6 is 0 Å². The molecular weight excluding hydrogens is 346 g/mol. The molecule has 0 fully saturated rings. The number of ketones is 1. The predicted molar refractivity (Wildman–Crippen MR) is 104 cm³/mol. The van der Waals surface area contributed by atoms with Crippen LogP contribution in [0.5, 0.6) is 0 Å². The molecule has 0 aliphatic carbocycles. The van der Waals surface area contributed by atoms with Gasteiger partial charge in [0.25, 0.3) is 0 Å². The molecule has 2 aromatic carbocycles. The molecule has 0 unspecified atom stereocenters. The minimum atomic E-state index is -2.48. The molecule has 0 aliphatic rings. The van der Waals surface area contributed by atoms with Crippen LogP contribution in [0.3, 0.4) is 0 Å². The van der Waals surface area contributed by atoms with E-state index in [1.54, 1.807) is 21.3 Å². The summed E-state index contributed by atoms with van der Waals surface area (Å²) in [6, 6.07) is 17.8. The Kier molecular flexibility index (Phi) is 8.15. The molecule has 2 aromatic rings. The second-order valence-corrected chi connectivity index (χ2v) is 9.06. The summed E-state index contributed by atoms with van der Waals surface area (Å²) in [5.41, 5.74) is 2.56. The van der Waals surface area contributed by atoms with Crippen molar-refractivity contribution < 1.29 is 18.1 Å². The third-order valence-electron chi connectivity index (χ3n) is 4.35. The van der Waals surface area contributed by atoms with Gasteiger partial charge in [-0.15, -0.1) is 0 Å². The summed E-state index contributed by atoms with van der Waals surface area (Å²) in [7, 11) is 2.41. The SMILES string of the molecule is CO[Si](CCCNCc1ccc(C(=O)c2ccccc2)cc1)(OC)OC. The van der Waals surface area contributed by atoms with Crippen LogP contribution in [0, 0.1) is 0 Å². The third-order valence-corrected chi connectivity index (χ3v) is 7.18. The van der Waals surface area contributed by atoms with Gasteiger partial charge in [-0.25, -0.2) is 0 Å². The lowest BCUT2D eigenvalue weighted by Crippen LogP contribution is -2.43. The largest absolute Gasteiger partial charge is 0.500 e. The third kappa shape index (κ3) is 5.59. The number of benzene rings is 2. The molecule has 0 bridgehead atoms. The Morgan fingerprint density at radius 3 is 2.04 bits per heavy atom. The van der Waals surface area contributed by atoms with E-state index in [0.717, 1.165) is 31.1 Å². The van der Waals surface area contributed by atoms with E-state index in [2.05, 4.69) is 5.32 Å². The lowest BCUT2D eigenvalue weighted by Gasteiger charge is -2.24. The summed E-state index contributed by atoms with van der Waals surface area (Å²) >= 11 is 0. The van der Waals surface area contributed by atoms with Crippen LogP contribution in [-0.2, 0) is 19.8 Å². The second-order valence-electron chi connectivity index (χ2n) is 5.97. The number of carbonyl (C=O) groups excluding carboxylic acids is 1. The molecule has 0 spiro atoms. The minimum absolute atomic E-state index is 0.0464. The molecule has 0 heterocycles. The molecular formula is C20H27NO4Si. The van der Waals surface area contributed by atoms with Crippen molar-refractivity contribution in [2.75, 3.05) is 27.9 Å². The van der Waals surface area contributed by atoms with E-state index in [4.69, 9.17) is 13.3 Å². The summed E-state index contributed by atoms with van der Waals surface area (Å²) < 4.78 is 16.2. The van der Waals surface area contributed by atoms with E-state index in [1.807, 2.05) is 54.6 Å². The zero-order valence-corrected chi connectivity index (χ0v) is 16.7. The van der Waals surface area contributed by atoms with Crippen LogP contribution in [0.2, 0.25) is 6.04 Å². The van der Waals surface area contributed by atoms with Crippen LogP contribution in [0.15, 0.2) is 54.6 Å². The lowest BCUT2D eigenvalue weighted by molar-refractivity contribution is 0.103. The van der Waals surface area contributed by atoms with Gasteiger partial charge in [0, 0.05) is 45.0 Å². The Hall–Kier alpha value is -1.83. The molecule has 2 rings (SSSR count). The van der Waals surface area contributed by atoms with E-state index in [1.165, 1.54) is 0 Å². The second kappa shape index (κ2) is 10.3. The standard InChI is InChI=1S/C20H27NO4Si/c1-23-26(24-2,25-3)15-7-14-21-16-17-10-12-19(13-11-17)20(22)18-8-5-4-6-9-18/h4-6,8-13,21H,7,14-16H2,1-3H3. The van der Waals surface area contributed by atoms with Gasteiger partial charge in [-0.05, 0) is 18.5 Å². The fourth-order valence-electron chi connectivity index (χ4n) is 2.75. The van der Waals surface area contributed by atoms with Gasteiger partial charge >= 0.3 is 8.80 Å². The number of rotatable bonds is 11. The molecule has 26 heavy (non-hydrogen) atoms. The highest BCUT2D eigenvalue weighted by atomic mass is 28.4. The van der Waals surface area contributed by atoms with E-state index in [0.29, 0.717) is 11.1 Å². The normalized spacial score (nSPS) is 11.5. The van der Waals surface area contributed by atoms with E-state index in [9.17, 15) is 4.79 Å². The van der Waals surface area contributed by atoms with Crippen molar-refractivity contribution in [3.63, 3.8) is 0 Å². The maximum absolute atomic E-state index is 12.4. The maximum atomic E-state index is 12.4. The monoisotopic (exact) mass is 373 g/mol. The highest BCUT2D eigenvalue weighted by Crippen LogP contribution is 2.14. The first-order valence-corrected chi connectivity index (χ1v) is 10.6. The molecule has 0 saturated carbocycles. The van der Waals surface area contributed by atoms with Crippen LogP contribution < -0.4 is 5.32 Å². The van der Waals surface area contributed by atoms with Crippen molar-refractivity contribution in [1.29, 1.82) is 0 Å². The Morgan fingerprint density at radius 1 is 0.885 bits per heavy atom. The van der Waals surface area contributed by atoms with Gasteiger partial charge in [0.15, 0.2) is 5.78 Å². The Bertz CT molecular complexity index is 664. The van der Waals surface area contributed by atoms with Gasteiger partial charge < -0.3 is 18.6 Å². The first-order valence-electron chi connectivity index (χ1n) is 8.69. The van der Waals surface area contributed by atoms with Gasteiger partial charge in [-0.2, -0.15) is 0 Å². The van der Waals surface area contributed by atoms with Crippen molar-refractivity contribution in [1.82, 2.24) is 5.32 Å². The predicted octanol–water partition coefficient (Wildman–Crippen LogP) is 3.28. The molecule has 0 radical (unpaired) electrons. The number of nitrogens with one attached hydrogen (secondary N) is 1. The van der Waals surface area contributed by atoms with Crippen LogP contribution in [0.1, 0.15) is 27.9 Å². The summed E-state index contributed by atoms with van der Waals surface area (Å²) in [5, 5.41) is 3.40. The first kappa shape index (κ1) is 20.5. The summed E-state index contributed by atoms with van der Waals surface area (Å²) in [6.07, 6.45) is 0.909. The smallest absolute Gasteiger partial charge is 0.377 e. The summed E-state index contributed by atoms with van der Waals surface area (Å²) in [4.78, 5) is 12.4. The summed E-state index contributed by atoms with van der Waals surface area (Å²) in [6.45, 7) is 1.59. The van der Waals surface area contributed by atoms with Gasteiger partial charge in [-0.3, -0.25) is 4.79 Å². The van der Waals surface area contributed by atoms with Gasteiger partial charge in [0.1, 0.15) is 0 Å². The first-order chi connectivity index (χ1) is 12.6. The van der Waals surface area contributed by atoms with Crippen molar-refractivity contribution >= 4 is 14.6 Å². The molecule has 0 saturated heterocycles. The zero-order valence-electron chi connectivity index (χ0n) is 15.7. The maximum Gasteiger partial charge on any atom is 0.500 e. The molecule has 140 valence electrons. The Morgan fingerprint density at radius 2 is 1.46 bits per heavy atom. The van der Waals surface area contributed by atoms with Crippen molar-refractivity contribution in [3.8, 4) is 0 Å². The molecule has 0 atom stereocenters. The molecule has 0 aromatic heterocycles. The highest BCUT2D eigenvalue weighted by molar-refractivity contribution is 6.60. The van der Waals surface area contributed by atoms with Crippen LogP contribution in [0.4, 0.5) is 0 Å². The average Bonchev–Trinajstić information content (AvgIpc) is 2.72. The van der Waals surface area contributed by atoms with Crippen molar-refractivity contribution in [2.45, 2.75) is 19.0 Å². The Balaban J connectivity index is 1.78. The lowest BCUT2D eigenvalue weighted by atomic mass is 10.0. The van der Waals surface area contributed by atoms with Crippen molar-refractivity contribution in [3.05, 3.63) is 71.3 Å². The molecule has 1 N–H and O–H groups in total. The molecule has 0 amide bonds. The minimum Gasteiger partial charge on any atom is -0.377 e. The van der Waals surface area contributed by atoms with E-state index >= 15 is 0 Å².